The lowest BCUT2D eigenvalue weighted by Gasteiger charge is -2.26. The molecule has 198 valence electrons. The number of pyridine rings is 1. The Kier molecular flexibility index (Phi) is 7.67. The highest BCUT2D eigenvalue weighted by Crippen LogP contribution is 2.30. The number of hydrogen-bond acceptors (Lipinski definition) is 7. The SMILES string of the molecule is CC.Cc1ccccc1NC(=O)c1ccc(Nc2nc(-c3cnc4c(OC5COC5)cccn34)cs2)cc1.[HH].[HH]. The lowest BCUT2D eigenvalue weighted by Crippen LogP contribution is -2.38. The number of hydrogen-bond donors (Lipinski definition) is 2. The number of para-hydroxylation sites is 1. The third-order valence-electron chi connectivity index (χ3n) is 5.96. The van der Waals surface area contributed by atoms with E-state index < -0.39 is 0 Å². The molecule has 0 saturated carbocycles. The van der Waals surface area contributed by atoms with Gasteiger partial charge in [-0.05, 0) is 55.0 Å². The van der Waals surface area contributed by atoms with Gasteiger partial charge < -0.3 is 20.1 Å². The average molecular weight is 532 g/mol. The molecule has 4 heterocycles. The number of carbonyl (C=O) groups excluding carboxylic acids is 1. The number of amides is 1. The van der Waals surface area contributed by atoms with E-state index in [1.807, 2.05) is 85.3 Å². The van der Waals surface area contributed by atoms with E-state index in [1.54, 1.807) is 18.3 Å². The molecule has 1 amide bonds. The van der Waals surface area contributed by atoms with Crippen LogP contribution in [0.1, 0.15) is 32.6 Å². The van der Waals surface area contributed by atoms with Crippen LogP contribution < -0.4 is 15.4 Å². The van der Waals surface area contributed by atoms with E-state index in [0.717, 1.165) is 44.9 Å². The summed E-state index contributed by atoms with van der Waals surface area (Å²) in [6.45, 7) is 7.18. The van der Waals surface area contributed by atoms with Gasteiger partial charge in [-0.25, -0.2) is 9.97 Å². The second-order valence-electron chi connectivity index (χ2n) is 8.50. The first-order valence-electron chi connectivity index (χ1n) is 12.5. The molecule has 1 aliphatic heterocycles. The van der Waals surface area contributed by atoms with Gasteiger partial charge in [0.05, 0.1) is 25.1 Å². The van der Waals surface area contributed by atoms with Crippen LogP contribution in [0.3, 0.4) is 0 Å². The molecular formula is C29H33N5O3S. The van der Waals surface area contributed by atoms with Crippen molar-refractivity contribution in [1.29, 1.82) is 0 Å². The Balaban J connectivity index is 0.00000108. The second-order valence-corrected chi connectivity index (χ2v) is 9.35. The Hall–Kier alpha value is -4.21. The highest BCUT2D eigenvalue weighted by molar-refractivity contribution is 7.14. The van der Waals surface area contributed by atoms with Gasteiger partial charge in [-0.15, -0.1) is 11.3 Å². The molecule has 1 fully saturated rings. The summed E-state index contributed by atoms with van der Waals surface area (Å²) < 4.78 is 13.2. The van der Waals surface area contributed by atoms with Crippen molar-refractivity contribution in [2.45, 2.75) is 26.9 Å². The molecule has 1 aliphatic rings. The monoisotopic (exact) mass is 531 g/mol. The van der Waals surface area contributed by atoms with Crippen LogP contribution in [0.15, 0.2) is 78.4 Å². The summed E-state index contributed by atoms with van der Waals surface area (Å²) in [4.78, 5) is 21.9. The van der Waals surface area contributed by atoms with Gasteiger partial charge in [0.2, 0.25) is 0 Å². The van der Waals surface area contributed by atoms with Gasteiger partial charge in [0.15, 0.2) is 16.5 Å². The first kappa shape index (κ1) is 25.4. The van der Waals surface area contributed by atoms with Crippen molar-refractivity contribution < 1.29 is 17.1 Å². The molecule has 0 radical (unpaired) electrons. The van der Waals surface area contributed by atoms with E-state index in [2.05, 4.69) is 15.6 Å². The molecule has 0 aliphatic carbocycles. The van der Waals surface area contributed by atoms with Gasteiger partial charge in [0.1, 0.15) is 11.8 Å². The third-order valence-corrected chi connectivity index (χ3v) is 6.72. The standard InChI is InChI=1S/C27H23N5O3S.C2H6.2H2/c1-17-5-2-3-6-21(17)30-26(33)18-8-10-19(11-9-18)29-27-31-22(16-36-27)23-13-28-25-24(7-4-12-32(23)25)35-20-14-34-15-20;1-2;;/h2-13,16,20H,14-15H2,1H3,(H,29,31)(H,30,33);1-2H3;2*1H. The van der Waals surface area contributed by atoms with Gasteiger partial charge in [-0.2, -0.15) is 0 Å². The fourth-order valence-electron chi connectivity index (χ4n) is 3.91. The number of nitrogens with one attached hydrogen (secondary N) is 2. The molecule has 5 aromatic rings. The maximum absolute atomic E-state index is 12.6. The minimum absolute atomic E-state index is 0. The number of anilines is 3. The first-order chi connectivity index (χ1) is 18.6. The summed E-state index contributed by atoms with van der Waals surface area (Å²) in [6, 6.07) is 18.9. The Labute approximate surface area is 228 Å². The van der Waals surface area contributed by atoms with Crippen molar-refractivity contribution in [2.75, 3.05) is 23.8 Å². The number of thiazole rings is 1. The van der Waals surface area contributed by atoms with E-state index in [9.17, 15) is 4.79 Å². The Bertz CT molecular complexity index is 1550. The maximum Gasteiger partial charge on any atom is 0.255 e. The summed E-state index contributed by atoms with van der Waals surface area (Å²) in [7, 11) is 0. The molecule has 0 bridgehead atoms. The van der Waals surface area contributed by atoms with Crippen molar-refractivity contribution >= 4 is 39.4 Å². The Morgan fingerprint density at radius 3 is 2.63 bits per heavy atom. The summed E-state index contributed by atoms with van der Waals surface area (Å²) in [6.07, 6.45) is 3.83. The number of nitrogens with zero attached hydrogens (tertiary/aromatic N) is 3. The zero-order valence-corrected chi connectivity index (χ0v) is 22.3. The van der Waals surface area contributed by atoms with Crippen molar-refractivity contribution in [2.24, 2.45) is 0 Å². The molecule has 38 heavy (non-hydrogen) atoms. The zero-order valence-electron chi connectivity index (χ0n) is 21.5. The molecule has 0 unspecified atom stereocenters. The van der Waals surface area contributed by atoms with Crippen molar-refractivity contribution in [3.63, 3.8) is 0 Å². The largest absolute Gasteiger partial charge is 0.482 e. The molecule has 2 N–H and O–H groups in total. The predicted octanol–water partition coefficient (Wildman–Crippen LogP) is 7.06. The van der Waals surface area contributed by atoms with E-state index in [-0.39, 0.29) is 14.9 Å². The summed E-state index contributed by atoms with van der Waals surface area (Å²) >= 11 is 1.50. The van der Waals surface area contributed by atoms with Crippen LogP contribution in [0.4, 0.5) is 16.5 Å². The molecule has 9 heteroatoms. The van der Waals surface area contributed by atoms with Crippen molar-refractivity contribution in [3.8, 4) is 17.1 Å². The minimum Gasteiger partial charge on any atom is -0.482 e. The van der Waals surface area contributed by atoms with E-state index in [0.29, 0.717) is 18.8 Å². The van der Waals surface area contributed by atoms with Crippen molar-refractivity contribution in [3.05, 3.63) is 89.6 Å². The molecule has 0 spiro atoms. The number of fused-ring (bicyclic) bond motifs is 1. The van der Waals surface area contributed by atoms with Crippen molar-refractivity contribution in [1.82, 2.24) is 14.4 Å². The van der Waals surface area contributed by atoms with Gasteiger partial charge in [-0.3, -0.25) is 9.20 Å². The molecule has 8 nitrogen and oxygen atoms in total. The maximum atomic E-state index is 12.6. The van der Waals surface area contributed by atoms with Crippen LogP contribution in [0.2, 0.25) is 0 Å². The normalized spacial score (nSPS) is 12.8. The highest BCUT2D eigenvalue weighted by Gasteiger charge is 2.22. The quantitative estimate of drug-likeness (QED) is 0.234. The number of ether oxygens (including phenoxy) is 2. The smallest absolute Gasteiger partial charge is 0.255 e. The van der Waals surface area contributed by atoms with E-state index in [4.69, 9.17) is 14.5 Å². The van der Waals surface area contributed by atoms with Crippen LogP contribution in [-0.2, 0) is 4.74 Å². The number of aryl methyl sites for hydroxylation is 1. The predicted molar refractivity (Wildman–Crippen MR) is 156 cm³/mol. The number of imidazole rings is 1. The average Bonchev–Trinajstić information content (AvgIpc) is 3.56. The molecule has 2 aromatic carbocycles. The fourth-order valence-corrected chi connectivity index (χ4v) is 4.64. The Morgan fingerprint density at radius 2 is 1.89 bits per heavy atom. The van der Waals surface area contributed by atoms with Gasteiger partial charge >= 0.3 is 0 Å². The lowest BCUT2D eigenvalue weighted by atomic mass is 10.1. The third kappa shape index (κ3) is 5.39. The van der Waals surface area contributed by atoms with Crippen LogP contribution in [0.5, 0.6) is 5.75 Å². The molecule has 6 rings (SSSR count). The highest BCUT2D eigenvalue weighted by atomic mass is 32.1. The van der Waals surface area contributed by atoms with Gasteiger partial charge in [0.25, 0.3) is 5.91 Å². The fraction of sp³-hybridized carbons (Fsp3) is 0.207. The van der Waals surface area contributed by atoms with Crippen LogP contribution in [0, 0.1) is 6.92 Å². The zero-order chi connectivity index (χ0) is 26.5. The molecular weight excluding hydrogens is 498 g/mol. The first-order valence-corrected chi connectivity index (χ1v) is 13.4. The van der Waals surface area contributed by atoms with E-state index in [1.165, 1.54) is 11.3 Å². The summed E-state index contributed by atoms with van der Waals surface area (Å²) in [5, 5.41) is 9.01. The van der Waals surface area contributed by atoms with E-state index >= 15 is 0 Å². The summed E-state index contributed by atoms with van der Waals surface area (Å²) in [5.41, 5.74) is 5.71. The number of benzene rings is 2. The van der Waals surface area contributed by atoms with Gasteiger partial charge in [0, 0.05) is 31.4 Å². The van der Waals surface area contributed by atoms with Crippen LogP contribution in [0.25, 0.3) is 17.0 Å². The van der Waals surface area contributed by atoms with Crippen LogP contribution in [-0.4, -0.2) is 39.6 Å². The van der Waals surface area contributed by atoms with Crippen LogP contribution >= 0.6 is 11.3 Å². The summed E-state index contributed by atoms with van der Waals surface area (Å²) in [5.74, 6) is 0.588. The number of carbonyl (C=O) groups is 1. The topological polar surface area (TPSA) is 89.8 Å². The second kappa shape index (κ2) is 11.5. The lowest BCUT2D eigenvalue weighted by molar-refractivity contribution is -0.0792. The minimum atomic E-state index is -0.145. The molecule has 0 atom stereocenters. The number of aromatic nitrogens is 3. The molecule has 3 aromatic heterocycles. The van der Waals surface area contributed by atoms with Gasteiger partial charge in [-0.1, -0.05) is 32.0 Å². The number of rotatable bonds is 7. The molecule has 1 saturated heterocycles. The Morgan fingerprint density at radius 1 is 1.11 bits per heavy atom.